The number of aliphatic hydroxyl groups is 1. The Kier molecular flexibility index (Phi) is 3.28. The normalized spacial score (nSPS) is 29.2. The molecule has 0 radical (unpaired) electrons. The lowest BCUT2D eigenvalue weighted by molar-refractivity contribution is -0.119. The van der Waals surface area contributed by atoms with Crippen molar-refractivity contribution >= 4 is 0 Å². The fourth-order valence-corrected chi connectivity index (χ4v) is 2.62. The van der Waals surface area contributed by atoms with Crippen LogP contribution in [0.4, 0.5) is 0 Å². The Morgan fingerprint density at radius 3 is 2.47 bits per heavy atom. The first-order valence-electron chi connectivity index (χ1n) is 6.45. The number of nitrogens with zero attached hydrogens (tertiary/aromatic N) is 1. The van der Waals surface area contributed by atoms with Gasteiger partial charge < -0.3 is 5.11 Å². The Balaban J connectivity index is 2.16. The second-order valence-electron chi connectivity index (χ2n) is 5.84. The molecule has 0 aliphatic carbocycles. The molecule has 1 atom stereocenters. The average molecular weight is 233 g/mol. The van der Waals surface area contributed by atoms with E-state index in [2.05, 4.69) is 43.0 Å². The molecule has 1 aromatic carbocycles. The monoisotopic (exact) mass is 233 g/mol. The van der Waals surface area contributed by atoms with E-state index < -0.39 is 5.60 Å². The number of rotatable bonds is 2. The molecule has 1 aliphatic heterocycles. The average Bonchev–Trinajstić information content (AvgIpc) is 2.27. The van der Waals surface area contributed by atoms with Gasteiger partial charge in [-0.1, -0.05) is 30.3 Å². The predicted molar refractivity (Wildman–Crippen MR) is 70.8 cm³/mol. The second-order valence-corrected chi connectivity index (χ2v) is 5.84. The van der Waals surface area contributed by atoms with Crippen LogP contribution in [-0.4, -0.2) is 27.7 Å². The Bertz CT molecular complexity index is 370. The van der Waals surface area contributed by atoms with E-state index in [9.17, 15) is 5.11 Å². The van der Waals surface area contributed by atoms with E-state index in [0.717, 1.165) is 25.9 Å². The van der Waals surface area contributed by atoms with Crippen molar-refractivity contribution in [1.29, 1.82) is 0 Å². The topological polar surface area (TPSA) is 23.5 Å². The van der Waals surface area contributed by atoms with Gasteiger partial charge in [-0.15, -0.1) is 0 Å². The van der Waals surface area contributed by atoms with Crippen molar-refractivity contribution in [1.82, 2.24) is 4.90 Å². The summed E-state index contributed by atoms with van der Waals surface area (Å²) >= 11 is 0. The third-order valence-corrected chi connectivity index (χ3v) is 4.42. The molecule has 94 valence electrons. The van der Waals surface area contributed by atoms with E-state index in [-0.39, 0.29) is 5.54 Å². The minimum Gasteiger partial charge on any atom is -0.388 e. The third-order valence-electron chi connectivity index (χ3n) is 4.42. The number of piperidine rings is 1. The van der Waals surface area contributed by atoms with E-state index in [1.807, 2.05) is 13.0 Å². The van der Waals surface area contributed by atoms with Crippen LogP contribution < -0.4 is 0 Å². The molecule has 2 nitrogen and oxygen atoms in total. The van der Waals surface area contributed by atoms with Crippen molar-refractivity contribution < 1.29 is 5.11 Å². The maximum absolute atomic E-state index is 10.5. The number of hydrogen-bond acceptors (Lipinski definition) is 2. The molecule has 2 rings (SSSR count). The van der Waals surface area contributed by atoms with Crippen LogP contribution in [0.15, 0.2) is 30.3 Å². The van der Waals surface area contributed by atoms with Gasteiger partial charge >= 0.3 is 0 Å². The lowest BCUT2D eigenvalue weighted by Crippen LogP contribution is -2.62. The fraction of sp³-hybridized carbons (Fsp3) is 0.600. The van der Waals surface area contributed by atoms with Crippen LogP contribution in [-0.2, 0) is 6.54 Å². The first kappa shape index (κ1) is 12.6. The van der Waals surface area contributed by atoms with Gasteiger partial charge in [-0.05, 0) is 45.7 Å². The molecule has 2 heteroatoms. The first-order chi connectivity index (χ1) is 7.93. The maximum atomic E-state index is 10.5. The summed E-state index contributed by atoms with van der Waals surface area (Å²) in [7, 11) is 0. The smallest absolute Gasteiger partial charge is 0.0797 e. The van der Waals surface area contributed by atoms with Crippen molar-refractivity contribution in [3.63, 3.8) is 0 Å². The SMILES string of the molecule is CC1(O)CCCN(Cc2ccccc2)C1(C)C. The predicted octanol–water partition coefficient (Wildman–Crippen LogP) is 2.81. The molecule has 1 saturated heterocycles. The Labute approximate surface area is 104 Å². The van der Waals surface area contributed by atoms with Gasteiger partial charge in [-0.2, -0.15) is 0 Å². The molecule has 1 fully saturated rings. The molecule has 0 bridgehead atoms. The highest BCUT2D eigenvalue weighted by Gasteiger charge is 2.46. The van der Waals surface area contributed by atoms with Crippen LogP contribution >= 0.6 is 0 Å². The van der Waals surface area contributed by atoms with Crippen LogP contribution in [0.5, 0.6) is 0 Å². The molecule has 1 heterocycles. The number of hydrogen-bond donors (Lipinski definition) is 1. The highest BCUT2D eigenvalue weighted by atomic mass is 16.3. The molecule has 0 aromatic heterocycles. The minimum absolute atomic E-state index is 0.166. The Hall–Kier alpha value is -0.860. The molecule has 0 amide bonds. The minimum atomic E-state index is -0.597. The van der Waals surface area contributed by atoms with Gasteiger partial charge in [0.25, 0.3) is 0 Å². The van der Waals surface area contributed by atoms with E-state index in [4.69, 9.17) is 0 Å². The van der Waals surface area contributed by atoms with Gasteiger partial charge in [0.2, 0.25) is 0 Å². The van der Waals surface area contributed by atoms with Crippen molar-refractivity contribution in [3.05, 3.63) is 35.9 Å². The highest BCUT2D eigenvalue weighted by molar-refractivity contribution is 5.16. The van der Waals surface area contributed by atoms with E-state index >= 15 is 0 Å². The van der Waals surface area contributed by atoms with Gasteiger partial charge in [0.1, 0.15) is 0 Å². The molecular formula is C15H23NO. The summed E-state index contributed by atoms with van der Waals surface area (Å²) in [4.78, 5) is 2.39. The summed E-state index contributed by atoms with van der Waals surface area (Å²) in [5.74, 6) is 0. The van der Waals surface area contributed by atoms with E-state index in [1.165, 1.54) is 5.56 Å². The van der Waals surface area contributed by atoms with Crippen LogP contribution in [0.1, 0.15) is 39.2 Å². The van der Waals surface area contributed by atoms with Crippen molar-refractivity contribution in [2.45, 2.75) is 51.3 Å². The molecule has 1 aliphatic rings. The van der Waals surface area contributed by atoms with Crippen LogP contribution in [0.2, 0.25) is 0 Å². The Morgan fingerprint density at radius 2 is 1.82 bits per heavy atom. The van der Waals surface area contributed by atoms with Crippen LogP contribution in [0.25, 0.3) is 0 Å². The number of likely N-dealkylation sites (tertiary alicyclic amines) is 1. The summed E-state index contributed by atoms with van der Waals surface area (Å²) in [6, 6.07) is 10.5. The van der Waals surface area contributed by atoms with Gasteiger partial charge in [-0.3, -0.25) is 4.90 Å². The summed E-state index contributed by atoms with van der Waals surface area (Å²) in [5.41, 5.74) is 0.555. The molecule has 17 heavy (non-hydrogen) atoms. The maximum Gasteiger partial charge on any atom is 0.0797 e. The molecule has 1 aromatic rings. The van der Waals surface area contributed by atoms with Crippen LogP contribution in [0.3, 0.4) is 0 Å². The lowest BCUT2D eigenvalue weighted by atomic mass is 9.76. The van der Waals surface area contributed by atoms with Crippen molar-refractivity contribution in [3.8, 4) is 0 Å². The third kappa shape index (κ3) is 2.38. The van der Waals surface area contributed by atoms with E-state index in [1.54, 1.807) is 0 Å². The summed E-state index contributed by atoms with van der Waals surface area (Å²) in [5, 5.41) is 10.5. The van der Waals surface area contributed by atoms with Gasteiger partial charge in [0.05, 0.1) is 5.60 Å². The molecular weight excluding hydrogens is 210 g/mol. The Morgan fingerprint density at radius 1 is 1.18 bits per heavy atom. The molecule has 0 saturated carbocycles. The standard InChI is InChI=1S/C15H23NO/c1-14(2)15(3,17)10-7-11-16(14)12-13-8-5-4-6-9-13/h4-6,8-9,17H,7,10-12H2,1-3H3. The molecule has 1 unspecified atom stereocenters. The van der Waals surface area contributed by atoms with Gasteiger partial charge in [-0.25, -0.2) is 0 Å². The first-order valence-corrected chi connectivity index (χ1v) is 6.45. The quantitative estimate of drug-likeness (QED) is 0.849. The van der Waals surface area contributed by atoms with Crippen molar-refractivity contribution in [2.75, 3.05) is 6.54 Å². The highest BCUT2D eigenvalue weighted by Crippen LogP contribution is 2.37. The summed E-state index contributed by atoms with van der Waals surface area (Å²) in [6.07, 6.45) is 1.97. The van der Waals surface area contributed by atoms with Gasteiger partial charge in [0.15, 0.2) is 0 Å². The molecule has 0 spiro atoms. The largest absolute Gasteiger partial charge is 0.388 e. The van der Waals surface area contributed by atoms with Crippen molar-refractivity contribution in [2.24, 2.45) is 0 Å². The lowest BCUT2D eigenvalue weighted by Gasteiger charge is -2.52. The second kappa shape index (κ2) is 4.43. The molecule has 1 N–H and O–H groups in total. The fourth-order valence-electron chi connectivity index (χ4n) is 2.62. The zero-order chi connectivity index (χ0) is 12.5. The summed E-state index contributed by atoms with van der Waals surface area (Å²) in [6.45, 7) is 8.25. The van der Waals surface area contributed by atoms with E-state index in [0.29, 0.717) is 0 Å². The van der Waals surface area contributed by atoms with Gasteiger partial charge in [0, 0.05) is 12.1 Å². The zero-order valence-corrected chi connectivity index (χ0v) is 11.1. The zero-order valence-electron chi connectivity index (χ0n) is 11.1. The van der Waals surface area contributed by atoms with Crippen LogP contribution in [0, 0.1) is 0 Å². The number of benzene rings is 1. The summed E-state index contributed by atoms with van der Waals surface area (Å²) < 4.78 is 0.